The number of rotatable bonds is 2. The van der Waals surface area contributed by atoms with Gasteiger partial charge in [-0.05, 0) is 29.2 Å². The number of hydrogen-bond donors (Lipinski definition) is 1. The minimum absolute atomic E-state index is 0.00730. The van der Waals surface area contributed by atoms with Crippen molar-refractivity contribution < 1.29 is 28.8 Å². The number of aliphatic hydroxyl groups is 1. The van der Waals surface area contributed by atoms with Crippen molar-refractivity contribution in [2.45, 2.75) is 38.4 Å². The Morgan fingerprint density at radius 1 is 1.07 bits per heavy atom. The highest BCUT2D eigenvalue weighted by Gasteiger charge is 2.58. The largest absolute Gasteiger partial charge is 0.497 e. The Morgan fingerprint density at radius 2 is 1.76 bits per heavy atom. The van der Waals surface area contributed by atoms with Gasteiger partial charge in [0.05, 0.1) is 13.0 Å². The van der Waals surface area contributed by atoms with E-state index in [0.29, 0.717) is 30.1 Å². The number of methoxy groups -OCH3 is 1. The molecule has 2 aromatic rings. The average molecular weight is 396 g/mol. The Kier molecular flexibility index (Phi) is 3.87. The first-order valence-electron chi connectivity index (χ1n) is 9.81. The molecule has 5 rings (SSSR count). The molecule has 2 aromatic carbocycles. The van der Waals surface area contributed by atoms with Crippen LogP contribution >= 0.6 is 0 Å². The topological polar surface area (TPSA) is 74.2 Å². The van der Waals surface area contributed by atoms with E-state index in [1.165, 1.54) is 0 Å². The summed E-state index contributed by atoms with van der Waals surface area (Å²) in [6.07, 6.45) is 0.771. The van der Waals surface area contributed by atoms with Gasteiger partial charge in [-0.3, -0.25) is 4.79 Å². The molecule has 0 radical (unpaired) electrons. The number of carbonyl (C=O) groups is 1. The van der Waals surface area contributed by atoms with Crippen LogP contribution in [-0.2, 0) is 4.79 Å². The second-order valence-corrected chi connectivity index (χ2v) is 8.90. The van der Waals surface area contributed by atoms with Crippen LogP contribution in [0, 0.1) is 11.3 Å². The van der Waals surface area contributed by atoms with Crippen molar-refractivity contribution in [1.82, 2.24) is 0 Å². The summed E-state index contributed by atoms with van der Waals surface area (Å²) in [4.78, 5) is 13.3. The van der Waals surface area contributed by atoms with E-state index in [1.807, 2.05) is 44.2 Å². The third-order valence-corrected chi connectivity index (χ3v) is 6.15. The Hall–Kier alpha value is -2.73. The predicted molar refractivity (Wildman–Crippen MR) is 104 cm³/mol. The molecule has 1 aliphatic carbocycles. The highest BCUT2D eigenvalue weighted by molar-refractivity contribution is 5.86. The van der Waals surface area contributed by atoms with Crippen LogP contribution in [-0.4, -0.2) is 30.6 Å². The Labute approximate surface area is 169 Å². The summed E-state index contributed by atoms with van der Waals surface area (Å²) in [5.41, 5.74) is 1.40. The Balaban J connectivity index is 1.70. The molecular formula is C23H24O6. The molecule has 1 N–H and O–H groups in total. The van der Waals surface area contributed by atoms with E-state index in [2.05, 4.69) is 0 Å². The van der Waals surface area contributed by atoms with Crippen LogP contribution in [0.5, 0.6) is 23.0 Å². The molecule has 3 aliphatic rings. The maximum absolute atomic E-state index is 13.3. The molecule has 0 amide bonds. The van der Waals surface area contributed by atoms with Crippen molar-refractivity contribution in [3.05, 3.63) is 47.5 Å². The van der Waals surface area contributed by atoms with E-state index < -0.39 is 11.7 Å². The summed E-state index contributed by atoms with van der Waals surface area (Å²) in [6, 6.07) is 11.3. The summed E-state index contributed by atoms with van der Waals surface area (Å²) in [6.45, 7) is 4.12. The lowest BCUT2D eigenvalue weighted by molar-refractivity contribution is -0.222. The fraction of sp³-hybridized carbons (Fsp3) is 0.435. The van der Waals surface area contributed by atoms with Crippen LogP contribution in [0.4, 0.5) is 0 Å². The van der Waals surface area contributed by atoms with Crippen LogP contribution in [0.3, 0.4) is 0 Å². The number of benzene rings is 2. The highest BCUT2D eigenvalue weighted by Crippen LogP contribution is 2.57. The molecule has 6 heteroatoms. The van der Waals surface area contributed by atoms with Gasteiger partial charge in [0.2, 0.25) is 12.6 Å². The molecule has 29 heavy (non-hydrogen) atoms. The van der Waals surface area contributed by atoms with E-state index in [0.717, 1.165) is 16.9 Å². The normalized spacial score (nSPS) is 28.9. The zero-order chi connectivity index (χ0) is 20.4. The number of hydrogen-bond acceptors (Lipinski definition) is 6. The first kappa shape index (κ1) is 18.3. The summed E-state index contributed by atoms with van der Waals surface area (Å²) >= 11 is 0. The molecule has 0 aromatic heterocycles. The maximum atomic E-state index is 13.3. The Bertz CT molecular complexity index is 980. The first-order chi connectivity index (χ1) is 13.8. The highest BCUT2D eigenvalue weighted by atomic mass is 16.7. The molecule has 2 aliphatic heterocycles. The third kappa shape index (κ3) is 2.85. The van der Waals surface area contributed by atoms with Gasteiger partial charge in [-0.2, -0.15) is 0 Å². The van der Waals surface area contributed by atoms with E-state index in [-0.39, 0.29) is 23.9 Å². The zero-order valence-corrected chi connectivity index (χ0v) is 16.7. The van der Waals surface area contributed by atoms with E-state index >= 15 is 0 Å². The maximum Gasteiger partial charge on any atom is 0.231 e. The van der Waals surface area contributed by atoms with Crippen LogP contribution in [0.25, 0.3) is 0 Å². The molecular weight excluding hydrogens is 372 g/mol. The van der Waals surface area contributed by atoms with Gasteiger partial charge < -0.3 is 24.1 Å². The predicted octanol–water partition coefficient (Wildman–Crippen LogP) is 3.64. The lowest BCUT2D eigenvalue weighted by Gasteiger charge is -2.51. The van der Waals surface area contributed by atoms with E-state index in [9.17, 15) is 9.90 Å². The monoisotopic (exact) mass is 396 g/mol. The first-order valence-corrected chi connectivity index (χ1v) is 9.81. The molecule has 0 spiro atoms. The van der Waals surface area contributed by atoms with E-state index in [1.54, 1.807) is 13.2 Å². The van der Waals surface area contributed by atoms with Crippen molar-refractivity contribution in [3.8, 4) is 23.0 Å². The Morgan fingerprint density at radius 3 is 2.45 bits per heavy atom. The van der Waals surface area contributed by atoms with Gasteiger partial charge in [-0.25, -0.2) is 0 Å². The lowest BCUT2D eigenvalue weighted by Crippen LogP contribution is -2.58. The van der Waals surface area contributed by atoms with Crippen LogP contribution in [0.15, 0.2) is 36.4 Å². The second-order valence-electron chi connectivity index (χ2n) is 8.90. The molecule has 2 heterocycles. The van der Waals surface area contributed by atoms with Gasteiger partial charge in [0.1, 0.15) is 17.3 Å². The molecule has 1 fully saturated rings. The molecule has 0 saturated heterocycles. The van der Waals surface area contributed by atoms with Crippen LogP contribution < -0.4 is 18.9 Å². The number of carbonyl (C=O) groups excluding carboxylic acids is 1. The van der Waals surface area contributed by atoms with E-state index in [4.69, 9.17) is 18.9 Å². The van der Waals surface area contributed by atoms with Crippen molar-refractivity contribution in [2.24, 2.45) is 11.3 Å². The minimum Gasteiger partial charge on any atom is -0.497 e. The molecule has 3 atom stereocenters. The lowest BCUT2D eigenvalue weighted by atomic mass is 9.61. The van der Waals surface area contributed by atoms with Gasteiger partial charge in [0.25, 0.3) is 0 Å². The molecule has 1 unspecified atom stereocenters. The second kappa shape index (κ2) is 6.13. The van der Waals surface area contributed by atoms with Gasteiger partial charge in [0, 0.05) is 30.4 Å². The third-order valence-electron chi connectivity index (χ3n) is 6.15. The summed E-state index contributed by atoms with van der Waals surface area (Å²) in [5, 5.41) is 11.6. The number of ether oxygens (including phenoxy) is 4. The zero-order valence-electron chi connectivity index (χ0n) is 16.7. The van der Waals surface area contributed by atoms with Crippen molar-refractivity contribution >= 4 is 5.78 Å². The fourth-order valence-corrected chi connectivity index (χ4v) is 5.06. The molecule has 152 valence electrons. The van der Waals surface area contributed by atoms with Gasteiger partial charge in [-0.15, -0.1) is 0 Å². The smallest absolute Gasteiger partial charge is 0.231 e. The quantitative estimate of drug-likeness (QED) is 0.835. The van der Waals surface area contributed by atoms with Crippen LogP contribution in [0.1, 0.15) is 43.7 Å². The fourth-order valence-electron chi connectivity index (χ4n) is 5.06. The average Bonchev–Trinajstić information content (AvgIpc) is 3.10. The number of ketones is 1. The van der Waals surface area contributed by atoms with Gasteiger partial charge in [-0.1, -0.05) is 26.0 Å². The van der Waals surface area contributed by atoms with Gasteiger partial charge >= 0.3 is 0 Å². The molecule has 0 bridgehead atoms. The SMILES string of the molecule is COc1ccc([C@@H]2c3cc4c(cc3OC3(O)CC(C)(C)CC(=O)[C@H]23)OCO4)cc1. The number of fused-ring (bicyclic) bond motifs is 3. The summed E-state index contributed by atoms with van der Waals surface area (Å²) < 4.78 is 22.5. The van der Waals surface area contributed by atoms with Crippen molar-refractivity contribution in [3.63, 3.8) is 0 Å². The standard InChI is InChI=1S/C23H24O6/c1-22(2)10-16(24)21-20(13-4-6-14(26-3)7-5-13)15-8-18-19(28-12-27-18)9-17(15)29-23(21,25)11-22/h4-9,20-21,25H,10-12H2,1-3H3/t20-,21-,23?/m1/s1. The summed E-state index contributed by atoms with van der Waals surface area (Å²) in [5.74, 6) is -0.153. The minimum atomic E-state index is -1.58. The summed E-state index contributed by atoms with van der Waals surface area (Å²) in [7, 11) is 1.62. The molecule has 6 nitrogen and oxygen atoms in total. The molecule has 1 saturated carbocycles. The van der Waals surface area contributed by atoms with Gasteiger partial charge in [0.15, 0.2) is 11.5 Å². The number of Topliss-reactive ketones (excluding diaryl/α,β-unsaturated/α-hetero) is 1. The van der Waals surface area contributed by atoms with Crippen molar-refractivity contribution in [2.75, 3.05) is 13.9 Å². The van der Waals surface area contributed by atoms with Crippen molar-refractivity contribution in [1.29, 1.82) is 0 Å². The van der Waals surface area contributed by atoms with Crippen LogP contribution in [0.2, 0.25) is 0 Å².